The minimum absolute atomic E-state index is 0.222. The van der Waals surface area contributed by atoms with E-state index in [1.807, 2.05) is 60.8 Å². The van der Waals surface area contributed by atoms with Gasteiger partial charge in [-0.3, -0.25) is 0 Å². The summed E-state index contributed by atoms with van der Waals surface area (Å²) in [4.78, 5) is 17.7. The standard InChI is InChI=1S/C34H31N3O3/c1-22-9-8-13-28-31(22)24(20-36(28)21-25-11-5-7-18-40-25)19-29-33(35-30-14-4-6-17-37(29)30)27-16-15-23-10-2-3-12-26(23)32(27)34(38)39/h2-4,6,8-10,12-17,20,25H,5,7,11,18-19,21H2,1H3,(H,38,39). The lowest BCUT2D eigenvalue weighted by Gasteiger charge is -2.23. The van der Waals surface area contributed by atoms with Crippen LogP contribution in [0.15, 0.2) is 85.2 Å². The Hall–Kier alpha value is -4.42. The van der Waals surface area contributed by atoms with Gasteiger partial charge in [0.05, 0.1) is 23.1 Å². The van der Waals surface area contributed by atoms with Crippen LogP contribution < -0.4 is 0 Å². The van der Waals surface area contributed by atoms with Crippen molar-refractivity contribution >= 4 is 33.3 Å². The van der Waals surface area contributed by atoms with Crippen molar-refractivity contribution in [2.45, 2.75) is 45.3 Å². The number of aromatic carboxylic acids is 1. The molecule has 6 heteroatoms. The Kier molecular flexibility index (Phi) is 6.13. The first kappa shape index (κ1) is 24.6. The molecule has 0 amide bonds. The summed E-state index contributed by atoms with van der Waals surface area (Å²) in [5.74, 6) is -0.949. The number of nitrogens with zero attached hydrogens (tertiary/aromatic N) is 3. The zero-order chi connectivity index (χ0) is 27.2. The third-order valence-corrected chi connectivity index (χ3v) is 8.25. The van der Waals surface area contributed by atoms with Crippen LogP contribution in [0.5, 0.6) is 0 Å². The SMILES string of the molecule is Cc1cccc2c1c(Cc1c(-c3ccc4ccccc4c3C(=O)O)nc3ccccn13)cn2CC1CCCCO1. The average Bonchev–Trinajstić information content (AvgIpc) is 3.52. The van der Waals surface area contributed by atoms with Gasteiger partial charge >= 0.3 is 5.97 Å². The number of pyridine rings is 1. The van der Waals surface area contributed by atoms with Crippen LogP contribution in [0.4, 0.5) is 0 Å². The predicted molar refractivity (Wildman–Crippen MR) is 158 cm³/mol. The van der Waals surface area contributed by atoms with Crippen molar-refractivity contribution in [1.29, 1.82) is 0 Å². The monoisotopic (exact) mass is 529 g/mol. The van der Waals surface area contributed by atoms with Crippen molar-refractivity contribution in [3.8, 4) is 11.3 Å². The van der Waals surface area contributed by atoms with Gasteiger partial charge < -0.3 is 18.8 Å². The van der Waals surface area contributed by atoms with Crippen molar-refractivity contribution in [1.82, 2.24) is 14.0 Å². The minimum Gasteiger partial charge on any atom is -0.478 e. The van der Waals surface area contributed by atoms with Gasteiger partial charge in [-0.15, -0.1) is 0 Å². The number of benzene rings is 3. The summed E-state index contributed by atoms with van der Waals surface area (Å²) in [7, 11) is 0. The van der Waals surface area contributed by atoms with Crippen molar-refractivity contribution in [2.24, 2.45) is 0 Å². The van der Waals surface area contributed by atoms with Gasteiger partial charge in [-0.2, -0.15) is 0 Å². The highest BCUT2D eigenvalue weighted by Crippen LogP contribution is 2.35. The molecule has 3 aromatic heterocycles. The lowest BCUT2D eigenvalue weighted by Crippen LogP contribution is -2.24. The molecular formula is C34H31N3O3. The molecule has 1 atom stereocenters. The van der Waals surface area contributed by atoms with E-state index in [2.05, 4.69) is 40.3 Å². The molecule has 7 rings (SSSR count). The second kappa shape index (κ2) is 9.96. The number of carboxylic acids is 1. The van der Waals surface area contributed by atoms with Gasteiger partial charge in [0.2, 0.25) is 0 Å². The summed E-state index contributed by atoms with van der Waals surface area (Å²) in [5, 5.41) is 13.2. The van der Waals surface area contributed by atoms with Crippen molar-refractivity contribution < 1.29 is 14.6 Å². The summed E-state index contributed by atoms with van der Waals surface area (Å²) in [6, 6.07) is 24.0. The molecule has 0 radical (unpaired) electrons. The Bertz CT molecular complexity index is 1890. The van der Waals surface area contributed by atoms with E-state index in [1.54, 1.807) is 0 Å². The highest BCUT2D eigenvalue weighted by atomic mass is 16.5. The van der Waals surface area contributed by atoms with Crippen LogP contribution in [0.1, 0.15) is 46.4 Å². The molecule has 0 aliphatic carbocycles. The van der Waals surface area contributed by atoms with Crippen LogP contribution in [-0.4, -0.2) is 37.7 Å². The summed E-state index contributed by atoms with van der Waals surface area (Å²) in [6.45, 7) is 3.82. The van der Waals surface area contributed by atoms with Crippen LogP contribution in [0.3, 0.4) is 0 Å². The Morgan fingerprint density at radius 3 is 2.75 bits per heavy atom. The molecule has 1 aliphatic rings. The van der Waals surface area contributed by atoms with Crippen LogP contribution in [0.2, 0.25) is 0 Å². The fraction of sp³-hybridized carbons (Fsp3) is 0.235. The summed E-state index contributed by atoms with van der Waals surface area (Å²) < 4.78 is 10.5. The van der Waals surface area contributed by atoms with Crippen LogP contribution in [0, 0.1) is 6.92 Å². The van der Waals surface area contributed by atoms with E-state index in [0.29, 0.717) is 17.7 Å². The molecule has 1 fully saturated rings. The van der Waals surface area contributed by atoms with Crippen molar-refractivity contribution in [2.75, 3.05) is 6.61 Å². The number of aryl methyl sites for hydroxylation is 1. The average molecular weight is 530 g/mol. The molecule has 4 heterocycles. The quantitative estimate of drug-likeness (QED) is 0.246. The number of imidazole rings is 1. The number of aromatic nitrogens is 3. The fourth-order valence-corrected chi connectivity index (χ4v) is 6.40. The third-order valence-electron chi connectivity index (χ3n) is 8.25. The Morgan fingerprint density at radius 1 is 1.02 bits per heavy atom. The Labute approximate surface area is 232 Å². The molecular weight excluding hydrogens is 498 g/mol. The zero-order valence-electron chi connectivity index (χ0n) is 22.5. The maximum atomic E-state index is 12.7. The summed E-state index contributed by atoms with van der Waals surface area (Å²) in [6.07, 6.45) is 8.55. The molecule has 40 heavy (non-hydrogen) atoms. The highest BCUT2D eigenvalue weighted by molar-refractivity contribution is 6.09. The van der Waals surface area contributed by atoms with Gasteiger partial charge in [0, 0.05) is 48.4 Å². The number of carboxylic acid groups (broad SMARTS) is 1. The van der Waals surface area contributed by atoms with E-state index in [1.165, 1.54) is 28.5 Å². The predicted octanol–water partition coefficient (Wildman–Crippen LogP) is 7.28. The first-order valence-corrected chi connectivity index (χ1v) is 14.0. The first-order chi connectivity index (χ1) is 19.6. The second-order valence-corrected chi connectivity index (χ2v) is 10.8. The third kappa shape index (κ3) is 4.16. The normalized spacial score (nSPS) is 15.8. The van der Waals surface area contributed by atoms with E-state index < -0.39 is 5.97 Å². The number of hydrogen-bond acceptors (Lipinski definition) is 3. The molecule has 1 unspecified atom stereocenters. The molecule has 3 aromatic carbocycles. The van der Waals surface area contributed by atoms with Gasteiger partial charge in [0.1, 0.15) is 5.65 Å². The molecule has 200 valence electrons. The van der Waals surface area contributed by atoms with Crippen molar-refractivity contribution in [3.63, 3.8) is 0 Å². The van der Waals surface area contributed by atoms with E-state index in [-0.39, 0.29) is 11.7 Å². The van der Waals surface area contributed by atoms with E-state index >= 15 is 0 Å². The smallest absolute Gasteiger partial charge is 0.337 e. The Morgan fingerprint density at radius 2 is 1.90 bits per heavy atom. The number of rotatable bonds is 6. The summed E-state index contributed by atoms with van der Waals surface area (Å²) >= 11 is 0. The highest BCUT2D eigenvalue weighted by Gasteiger charge is 2.24. The zero-order valence-corrected chi connectivity index (χ0v) is 22.5. The molecule has 6 aromatic rings. The second-order valence-electron chi connectivity index (χ2n) is 10.8. The lowest BCUT2D eigenvalue weighted by molar-refractivity contribution is 0.00668. The molecule has 1 N–H and O–H groups in total. The summed E-state index contributed by atoms with van der Waals surface area (Å²) in [5.41, 5.74) is 7.04. The molecule has 6 nitrogen and oxygen atoms in total. The van der Waals surface area contributed by atoms with Gasteiger partial charge in [-0.25, -0.2) is 9.78 Å². The van der Waals surface area contributed by atoms with Gasteiger partial charge in [-0.05, 0) is 66.3 Å². The van der Waals surface area contributed by atoms with E-state index in [4.69, 9.17) is 9.72 Å². The fourth-order valence-electron chi connectivity index (χ4n) is 6.40. The lowest BCUT2D eigenvalue weighted by atomic mass is 9.94. The molecule has 0 bridgehead atoms. The number of hydrogen-bond donors (Lipinski definition) is 1. The first-order valence-electron chi connectivity index (χ1n) is 14.0. The van der Waals surface area contributed by atoms with Gasteiger partial charge in [0.25, 0.3) is 0 Å². The molecule has 0 saturated carbocycles. The van der Waals surface area contributed by atoms with Crippen molar-refractivity contribution in [3.05, 3.63) is 108 Å². The van der Waals surface area contributed by atoms with E-state index in [0.717, 1.165) is 48.1 Å². The molecule has 0 spiro atoms. The number of carbonyl (C=O) groups is 1. The maximum absolute atomic E-state index is 12.7. The Balaban J connectivity index is 1.41. The molecule has 1 saturated heterocycles. The maximum Gasteiger partial charge on any atom is 0.337 e. The molecule has 1 aliphatic heterocycles. The topological polar surface area (TPSA) is 68.8 Å². The van der Waals surface area contributed by atoms with Crippen LogP contribution in [0.25, 0.3) is 38.6 Å². The van der Waals surface area contributed by atoms with Gasteiger partial charge in [-0.1, -0.05) is 54.6 Å². The van der Waals surface area contributed by atoms with Gasteiger partial charge in [0.15, 0.2) is 0 Å². The minimum atomic E-state index is -0.949. The number of ether oxygens (including phenoxy) is 1. The van der Waals surface area contributed by atoms with Crippen LogP contribution in [-0.2, 0) is 17.7 Å². The van der Waals surface area contributed by atoms with E-state index in [9.17, 15) is 9.90 Å². The van der Waals surface area contributed by atoms with Crippen LogP contribution >= 0.6 is 0 Å². The number of fused-ring (bicyclic) bond motifs is 3. The largest absolute Gasteiger partial charge is 0.478 e.